The summed E-state index contributed by atoms with van der Waals surface area (Å²) in [4.78, 5) is 42.4. The average molecular weight is 440 g/mol. The number of hydrogen-bond donors (Lipinski definition) is 1. The Balaban J connectivity index is 1.34. The predicted molar refractivity (Wildman–Crippen MR) is 126 cm³/mol. The second-order valence-corrected chi connectivity index (χ2v) is 8.46. The maximum Gasteiger partial charge on any atom is 0.256 e. The first-order valence-electron chi connectivity index (χ1n) is 11.2. The molecule has 6 heteroatoms. The van der Waals surface area contributed by atoms with Gasteiger partial charge >= 0.3 is 0 Å². The van der Waals surface area contributed by atoms with Gasteiger partial charge in [0.1, 0.15) is 6.04 Å². The molecule has 2 aliphatic rings. The summed E-state index contributed by atoms with van der Waals surface area (Å²) >= 11 is 0. The second kappa shape index (κ2) is 8.90. The zero-order valence-electron chi connectivity index (χ0n) is 18.2. The molecule has 1 N–H and O–H groups in total. The minimum Gasteiger partial charge on any atom is -0.348 e. The molecule has 2 heterocycles. The van der Waals surface area contributed by atoms with Gasteiger partial charge in [0.05, 0.1) is 17.8 Å². The van der Waals surface area contributed by atoms with Crippen LogP contribution in [0.25, 0.3) is 0 Å². The summed E-state index contributed by atoms with van der Waals surface area (Å²) < 4.78 is 0. The van der Waals surface area contributed by atoms with E-state index in [4.69, 9.17) is 0 Å². The Kier molecular flexibility index (Phi) is 5.65. The van der Waals surface area contributed by atoms with Crippen molar-refractivity contribution in [3.05, 3.63) is 101 Å². The number of benzene rings is 3. The Labute approximate surface area is 192 Å². The molecule has 5 rings (SSSR count). The molecule has 3 aromatic rings. The highest BCUT2D eigenvalue weighted by Gasteiger charge is 2.41. The Hall–Kier alpha value is -3.93. The molecule has 1 saturated heterocycles. The van der Waals surface area contributed by atoms with Gasteiger partial charge in [0, 0.05) is 18.7 Å². The zero-order valence-corrected chi connectivity index (χ0v) is 18.2. The van der Waals surface area contributed by atoms with Gasteiger partial charge in [-0.15, -0.1) is 0 Å². The van der Waals surface area contributed by atoms with Gasteiger partial charge in [0.2, 0.25) is 5.91 Å². The van der Waals surface area contributed by atoms with E-state index in [1.165, 1.54) is 0 Å². The quantitative estimate of drug-likeness (QED) is 0.658. The minimum absolute atomic E-state index is 0.0459. The molecule has 1 fully saturated rings. The third-order valence-electron chi connectivity index (χ3n) is 6.34. The van der Waals surface area contributed by atoms with Crippen LogP contribution in [0.5, 0.6) is 0 Å². The molecule has 0 aliphatic carbocycles. The lowest BCUT2D eigenvalue weighted by molar-refractivity contribution is -0.122. The van der Waals surface area contributed by atoms with Crippen LogP contribution in [0, 0.1) is 0 Å². The number of hydrogen-bond acceptors (Lipinski definition) is 3. The number of anilines is 1. The van der Waals surface area contributed by atoms with Crippen LogP contribution in [0.1, 0.15) is 44.7 Å². The molecule has 0 saturated carbocycles. The molecule has 3 aromatic carbocycles. The third-order valence-corrected chi connectivity index (χ3v) is 6.34. The molecule has 166 valence electrons. The van der Waals surface area contributed by atoms with E-state index in [2.05, 4.69) is 5.32 Å². The number of nitrogens with zero attached hydrogens (tertiary/aromatic N) is 2. The van der Waals surface area contributed by atoms with Crippen molar-refractivity contribution >= 4 is 23.4 Å². The highest BCUT2D eigenvalue weighted by Crippen LogP contribution is 2.33. The van der Waals surface area contributed by atoms with Crippen molar-refractivity contribution in [1.82, 2.24) is 10.2 Å². The molecule has 33 heavy (non-hydrogen) atoms. The number of amides is 3. The van der Waals surface area contributed by atoms with E-state index in [1.54, 1.807) is 28.0 Å². The molecule has 0 bridgehead atoms. The van der Waals surface area contributed by atoms with Gasteiger partial charge < -0.3 is 15.1 Å². The smallest absolute Gasteiger partial charge is 0.256 e. The van der Waals surface area contributed by atoms with Crippen molar-refractivity contribution in [2.24, 2.45) is 0 Å². The van der Waals surface area contributed by atoms with Crippen molar-refractivity contribution in [3.8, 4) is 0 Å². The molecule has 1 atom stereocenters. The van der Waals surface area contributed by atoms with E-state index in [1.807, 2.05) is 60.7 Å². The molecule has 0 unspecified atom stereocenters. The third kappa shape index (κ3) is 4.12. The van der Waals surface area contributed by atoms with Crippen LogP contribution in [0.15, 0.2) is 78.9 Å². The topological polar surface area (TPSA) is 69.7 Å². The highest BCUT2D eigenvalue weighted by molar-refractivity contribution is 6.11. The second-order valence-electron chi connectivity index (χ2n) is 8.46. The van der Waals surface area contributed by atoms with Crippen LogP contribution >= 0.6 is 0 Å². The van der Waals surface area contributed by atoms with E-state index in [0.29, 0.717) is 42.9 Å². The first-order valence-corrected chi connectivity index (χ1v) is 11.2. The van der Waals surface area contributed by atoms with Crippen molar-refractivity contribution in [2.45, 2.75) is 32.0 Å². The van der Waals surface area contributed by atoms with Crippen LogP contribution in [-0.2, 0) is 17.9 Å². The van der Waals surface area contributed by atoms with Crippen LogP contribution < -0.4 is 10.2 Å². The molecule has 0 radical (unpaired) electrons. The monoisotopic (exact) mass is 439 g/mol. The number of carbonyl (C=O) groups is 3. The number of para-hydroxylation sites is 1. The normalized spacial score (nSPS) is 17.4. The van der Waals surface area contributed by atoms with Crippen LogP contribution in [0.2, 0.25) is 0 Å². The Morgan fingerprint density at radius 2 is 1.61 bits per heavy atom. The summed E-state index contributed by atoms with van der Waals surface area (Å²) in [5.74, 6) is -0.265. The molecule has 0 spiro atoms. The number of nitrogens with one attached hydrogen (secondary N) is 1. The lowest BCUT2D eigenvalue weighted by Crippen LogP contribution is -2.44. The van der Waals surface area contributed by atoms with E-state index in [9.17, 15) is 14.4 Å². The van der Waals surface area contributed by atoms with Crippen LogP contribution in [0.4, 0.5) is 5.69 Å². The van der Waals surface area contributed by atoms with Crippen molar-refractivity contribution in [2.75, 3.05) is 11.4 Å². The fourth-order valence-corrected chi connectivity index (χ4v) is 4.60. The van der Waals surface area contributed by atoms with Crippen molar-refractivity contribution < 1.29 is 14.4 Å². The van der Waals surface area contributed by atoms with E-state index in [-0.39, 0.29) is 17.7 Å². The van der Waals surface area contributed by atoms with Gasteiger partial charge in [-0.1, -0.05) is 54.6 Å². The molecular formula is C27H25N3O3. The van der Waals surface area contributed by atoms with E-state index >= 15 is 0 Å². The van der Waals surface area contributed by atoms with Crippen LogP contribution in [-0.4, -0.2) is 35.2 Å². The fourth-order valence-electron chi connectivity index (χ4n) is 4.60. The molecular weight excluding hydrogens is 414 g/mol. The van der Waals surface area contributed by atoms with Gasteiger partial charge in [-0.3, -0.25) is 14.4 Å². The van der Waals surface area contributed by atoms with Gasteiger partial charge in [0.25, 0.3) is 11.8 Å². The Morgan fingerprint density at radius 3 is 2.39 bits per heavy atom. The predicted octanol–water partition coefficient (Wildman–Crippen LogP) is 3.77. The first-order chi connectivity index (χ1) is 16.1. The number of fused-ring (bicyclic) bond motifs is 2. The maximum atomic E-state index is 13.4. The fraction of sp³-hybridized carbons (Fsp3) is 0.222. The molecule has 6 nitrogen and oxygen atoms in total. The van der Waals surface area contributed by atoms with Gasteiger partial charge in [0.15, 0.2) is 0 Å². The van der Waals surface area contributed by atoms with Crippen LogP contribution in [0.3, 0.4) is 0 Å². The van der Waals surface area contributed by atoms with E-state index < -0.39 is 6.04 Å². The zero-order chi connectivity index (χ0) is 22.8. The Bertz CT molecular complexity index is 1190. The van der Waals surface area contributed by atoms with Gasteiger partial charge in [-0.25, -0.2) is 0 Å². The number of carbonyl (C=O) groups excluding carboxylic acids is 3. The summed E-state index contributed by atoms with van der Waals surface area (Å²) in [6.45, 7) is 1.43. The first kappa shape index (κ1) is 20.9. The summed E-state index contributed by atoms with van der Waals surface area (Å²) in [5, 5.41) is 2.93. The minimum atomic E-state index is -0.409. The standard InChI is InChI=1S/C27H25N3O3/c31-25(28-17-19-7-2-1-3-8-19)21-14-12-20(13-15-21)18-30-23-10-5-4-9-22(23)26(32)29-16-6-11-24(29)27(30)33/h1-5,7-10,12-15,24H,6,11,16-18H2,(H,28,31)/t24-/m0/s1. The average Bonchev–Trinajstić information content (AvgIpc) is 3.33. The maximum absolute atomic E-state index is 13.4. The summed E-state index contributed by atoms with van der Waals surface area (Å²) in [5.41, 5.74) is 3.71. The number of rotatable bonds is 5. The SMILES string of the molecule is O=C(NCc1ccccc1)c1ccc(CN2C(=O)[C@@H]3CCCN3C(=O)c3ccccc32)cc1. The lowest BCUT2D eigenvalue weighted by atomic mass is 10.1. The van der Waals surface area contributed by atoms with Crippen molar-refractivity contribution in [3.63, 3.8) is 0 Å². The highest BCUT2D eigenvalue weighted by atomic mass is 16.2. The largest absolute Gasteiger partial charge is 0.348 e. The summed E-state index contributed by atoms with van der Waals surface area (Å²) in [6.07, 6.45) is 1.53. The van der Waals surface area contributed by atoms with Gasteiger partial charge in [-0.2, -0.15) is 0 Å². The van der Waals surface area contributed by atoms with Crippen molar-refractivity contribution in [1.29, 1.82) is 0 Å². The summed E-state index contributed by atoms with van der Waals surface area (Å²) in [7, 11) is 0. The lowest BCUT2D eigenvalue weighted by Gasteiger charge is -2.26. The molecule has 0 aromatic heterocycles. The molecule has 2 aliphatic heterocycles. The summed E-state index contributed by atoms with van der Waals surface area (Å²) in [6, 6.07) is 23.9. The van der Waals surface area contributed by atoms with Gasteiger partial charge in [-0.05, 0) is 48.2 Å². The molecule has 3 amide bonds. The Morgan fingerprint density at radius 1 is 0.879 bits per heavy atom. The van der Waals surface area contributed by atoms with E-state index in [0.717, 1.165) is 17.5 Å².